The summed E-state index contributed by atoms with van der Waals surface area (Å²) in [5.41, 5.74) is 0.751. The van der Waals surface area contributed by atoms with Crippen LogP contribution in [0.15, 0.2) is 45.6 Å². The minimum atomic E-state index is -0.100. The van der Waals surface area contributed by atoms with Crippen molar-refractivity contribution in [3.8, 4) is 11.5 Å². The summed E-state index contributed by atoms with van der Waals surface area (Å²) >= 11 is 0. The van der Waals surface area contributed by atoms with Gasteiger partial charge in [0.1, 0.15) is 22.7 Å². The number of hydrogen-bond acceptors (Lipinski definition) is 5. The van der Waals surface area contributed by atoms with Gasteiger partial charge in [0.25, 0.3) is 0 Å². The molecule has 0 aliphatic carbocycles. The summed E-state index contributed by atoms with van der Waals surface area (Å²) in [6.45, 7) is 4.09. The fraction of sp³-hybridized carbons (Fsp3) is 0.350. The number of benzene rings is 2. The highest BCUT2D eigenvalue weighted by molar-refractivity contribution is 5.90. The largest absolute Gasteiger partial charge is 0.508 e. The van der Waals surface area contributed by atoms with Crippen molar-refractivity contribution in [2.24, 2.45) is 0 Å². The van der Waals surface area contributed by atoms with E-state index in [9.17, 15) is 9.90 Å². The highest BCUT2D eigenvalue weighted by atomic mass is 16.5. The average molecular weight is 339 g/mol. The molecule has 0 radical (unpaired) electrons. The number of nitrogens with zero attached hydrogens (tertiary/aromatic N) is 1. The number of rotatable bonds is 5. The molecule has 0 amide bonds. The predicted molar refractivity (Wildman–Crippen MR) is 97.4 cm³/mol. The van der Waals surface area contributed by atoms with Crippen LogP contribution in [0.1, 0.15) is 19.3 Å². The SMILES string of the molecule is O=c1c2ccc(O)cc2oc2cc(OCCCN3CCCC3)ccc12. The molecule has 1 fully saturated rings. The van der Waals surface area contributed by atoms with E-state index in [4.69, 9.17) is 9.15 Å². The second-order valence-corrected chi connectivity index (χ2v) is 6.52. The van der Waals surface area contributed by atoms with Crippen LogP contribution in [0, 0.1) is 0 Å². The van der Waals surface area contributed by atoms with Crippen molar-refractivity contribution < 1.29 is 14.3 Å². The lowest BCUT2D eigenvalue weighted by Gasteiger charge is -2.14. The third-order valence-electron chi connectivity index (χ3n) is 4.71. The summed E-state index contributed by atoms with van der Waals surface area (Å²) in [7, 11) is 0. The van der Waals surface area contributed by atoms with E-state index in [1.165, 1.54) is 38.1 Å². The minimum Gasteiger partial charge on any atom is -0.508 e. The van der Waals surface area contributed by atoms with Crippen LogP contribution < -0.4 is 10.2 Å². The molecule has 1 N–H and O–H groups in total. The Morgan fingerprint density at radius 2 is 1.76 bits per heavy atom. The van der Waals surface area contributed by atoms with Gasteiger partial charge in [0, 0.05) is 18.7 Å². The van der Waals surface area contributed by atoms with Gasteiger partial charge < -0.3 is 19.2 Å². The molecular formula is C20H21NO4. The monoisotopic (exact) mass is 339 g/mol. The Morgan fingerprint density at radius 1 is 1.04 bits per heavy atom. The molecule has 130 valence electrons. The normalized spacial score (nSPS) is 15.2. The molecule has 4 rings (SSSR count). The zero-order chi connectivity index (χ0) is 17.2. The molecule has 25 heavy (non-hydrogen) atoms. The smallest absolute Gasteiger partial charge is 0.200 e. The maximum Gasteiger partial charge on any atom is 0.200 e. The van der Waals surface area contributed by atoms with Crippen molar-refractivity contribution in [2.75, 3.05) is 26.2 Å². The van der Waals surface area contributed by atoms with Crippen molar-refractivity contribution in [1.29, 1.82) is 0 Å². The van der Waals surface area contributed by atoms with Crippen molar-refractivity contribution >= 4 is 21.9 Å². The predicted octanol–water partition coefficient (Wildman–Crippen LogP) is 3.52. The second kappa shape index (κ2) is 6.76. The first-order chi connectivity index (χ1) is 12.2. The third kappa shape index (κ3) is 3.33. The Bertz CT molecular complexity index is 957. The number of aromatic hydroxyl groups is 1. The lowest BCUT2D eigenvalue weighted by Crippen LogP contribution is -2.21. The molecule has 1 aliphatic rings. The average Bonchev–Trinajstić information content (AvgIpc) is 3.12. The molecule has 0 atom stereocenters. The molecule has 0 unspecified atom stereocenters. The Balaban J connectivity index is 1.52. The van der Waals surface area contributed by atoms with Crippen LogP contribution in [0.5, 0.6) is 11.5 Å². The van der Waals surface area contributed by atoms with E-state index >= 15 is 0 Å². The second-order valence-electron chi connectivity index (χ2n) is 6.52. The van der Waals surface area contributed by atoms with Crippen LogP contribution in [0.25, 0.3) is 21.9 Å². The van der Waals surface area contributed by atoms with Crippen LogP contribution in [-0.2, 0) is 0 Å². The van der Waals surface area contributed by atoms with Gasteiger partial charge in [-0.15, -0.1) is 0 Å². The fourth-order valence-corrected chi connectivity index (χ4v) is 3.40. The molecule has 2 heterocycles. The van der Waals surface area contributed by atoms with Gasteiger partial charge in [-0.1, -0.05) is 0 Å². The summed E-state index contributed by atoms with van der Waals surface area (Å²) in [6, 6.07) is 9.82. The van der Waals surface area contributed by atoms with Gasteiger partial charge in [-0.3, -0.25) is 4.79 Å². The Kier molecular flexibility index (Phi) is 4.32. The number of ether oxygens (including phenoxy) is 1. The molecule has 0 bridgehead atoms. The molecule has 5 heteroatoms. The number of fused-ring (bicyclic) bond motifs is 2. The number of likely N-dealkylation sites (tertiary alicyclic amines) is 1. The van der Waals surface area contributed by atoms with E-state index in [-0.39, 0.29) is 11.2 Å². The molecule has 1 aliphatic heterocycles. The van der Waals surface area contributed by atoms with Crippen molar-refractivity contribution in [3.05, 3.63) is 46.6 Å². The van der Waals surface area contributed by atoms with Crippen molar-refractivity contribution in [2.45, 2.75) is 19.3 Å². The van der Waals surface area contributed by atoms with Crippen LogP contribution in [0.3, 0.4) is 0 Å². The first-order valence-electron chi connectivity index (χ1n) is 8.75. The number of phenolic OH excluding ortho intramolecular Hbond substituents is 1. The van der Waals surface area contributed by atoms with E-state index in [1.807, 2.05) is 0 Å². The van der Waals surface area contributed by atoms with Gasteiger partial charge in [-0.05, 0) is 56.6 Å². The van der Waals surface area contributed by atoms with Crippen LogP contribution in [0.2, 0.25) is 0 Å². The highest BCUT2D eigenvalue weighted by Crippen LogP contribution is 2.25. The molecule has 2 aromatic carbocycles. The van der Waals surface area contributed by atoms with Gasteiger partial charge in [-0.25, -0.2) is 0 Å². The van der Waals surface area contributed by atoms with Crippen LogP contribution in [-0.4, -0.2) is 36.2 Å². The molecule has 0 saturated carbocycles. The molecule has 3 aromatic rings. The molecule has 1 aromatic heterocycles. The van der Waals surface area contributed by atoms with Gasteiger partial charge in [0.05, 0.1) is 17.4 Å². The van der Waals surface area contributed by atoms with E-state index < -0.39 is 0 Å². The zero-order valence-corrected chi connectivity index (χ0v) is 14.0. The quantitative estimate of drug-likeness (QED) is 0.569. The number of hydrogen-bond donors (Lipinski definition) is 1. The van der Waals surface area contributed by atoms with Crippen molar-refractivity contribution in [3.63, 3.8) is 0 Å². The first kappa shape index (κ1) is 16.0. The van der Waals surface area contributed by atoms with Gasteiger partial charge in [0.2, 0.25) is 5.43 Å². The maximum absolute atomic E-state index is 12.5. The molecular weight excluding hydrogens is 318 g/mol. The molecule has 0 spiro atoms. The van der Waals surface area contributed by atoms with E-state index in [2.05, 4.69) is 4.90 Å². The molecule has 5 nitrogen and oxygen atoms in total. The van der Waals surface area contributed by atoms with E-state index in [0.29, 0.717) is 34.3 Å². The summed E-state index contributed by atoms with van der Waals surface area (Å²) < 4.78 is 11.6. The number of phenols is 1. The van der Waals surface area contributed by atoms with Gasteiger partial charge >= 0.3 is 0 Å². The van der Waals surface area contributed by atoms with E-state index in [0.717, 1.165) is 13.0 Å². The van der Waals surface area contributed by atoms with Crippen molar-refractivity contribution in [1.82, 2.24) is 4.90 Å². The summed E-state index contributed by atoms with van der Waals surface area (Å²) in [5.74, 6) is 0.765. The highest BCUT2D eigenvalue weighted by Gasteiger charge is 2.11. The van der Waals surface area contributed by atoms with E-state index in [1.54, 1.807) is 24.3 Å². The van der Waals surface area contributed by atoms with Crippen LogP contribution >= 0.6 is 0 Å². The molecule has 1 saturated heterocycles. The zero-order valence-electron chi connectivity index (χ0n) is 14.0. The topological polar surface area (TPSA) is 62.9 Å². The fourth-order valence-electron chi connectivity index (χ4n) is 3.40. The Labute approximate surface area is 145 Å². The first-order valence-corrected chi connectivity index (χ1v) is 8.75. The lowest BCUT2D eigenvalue weighted by atomic mass is 10.1. The van der Waals surface area contributed by atoms with Gasteiger partial charge in [-0.2, -0.15) is 0 Å². The lowest BCUT2D eigenvalue weighted by molar-refractivity contribution is 0.263. The third-order valence-corrected chi connectivity index (χ3v) is 4.71. The standard InChI is InChI=1S/C20H21NO4/c22-14-4-6-16-18(12-14)25-19-13-15(5-7-17(19)20(16)23)24-11-3-10-21-8-1-2-9-21/h4-7,12-13,22H,1-3,8-11H2. The summed E-state index contributed by atoms with van der Waals surface area (Å²) in [6.07, 6.45) is 3.58. The summed E-state index contributed by atoms with van der Waals surface area (Å²) in [5, 5.41) is 10.6. The Hall–Kier alpha value is -2.53. The summed E-state index contributed by atoms with van der Waals surface area (Å²) in [4.78, 5) is 15.0. The maximum atomic E-state index is 12.5. The Morgan fingerprint density at radius 3 is 2.56 bits per heavy atom. The van der Waals surface area contributed by atoms with Crippen LogP contribution in [0.4, 0.5) is 0 Å². The minimum absolute atomic E-state index is 0.0734. The van der Waals surface area contributed by atoms with Gasteiger partial charge in [0.15, 0.2) is 0 Å².